The van der Waals surface area contributed by atoms with Gasteiger partial charge in [0.05, 0.1) is 5.56 Å². The molecule has 4 heteroatoms. The molecule has 0 amide bonds. The van der Waals surface area contributed by atoms with Crippen LogP contribution in [0.4, 0.5) is 0 Å². The Morgan fingerprint density at radius 3 is 2.42 bits per heavy atom. The Morgan fingerprint density at radius 1 is 1.04 bits per heavy atom. The van der Waals surface area contributed by atoms with Crippen LogP contribution in [-0.4, -0.2) is 30.2 Å². The lowest BCUT2D eigenvalue weighted by molar-refractivity contribution is 0.0697. The van der Waals surface area contributed by atoms with Gasteiger partial charge in [-0.2, -0.15) is 0 Å². The Morgan fingerprint density at radius 2 is 1.77 bits per heavy atom. The maximum atomic E-state index is 10.9. The molecule has 2 fully saturated rings. The van der Waals surface area contributed by atoms with Gasteiger partial charge in [0.25, 0.3) is 0 Å². The van der Waals surface area contributed by atoms with Crippen LogP contribution in [0, 0.1) is 5.41 Å². The number of carbonyl (C=O) groups is 1. The lowest BCUT2D eigenvalue weighted by Crippen LogP contribution is -2.34. The van der Waals surface area contributed by atoms with Crippen LogP contribution in [0.25, 0.3) is 0 Å². The highest BCUT2D eigenvalue weighted by molar-refractivity contribution is 5.87. The van der Waals surface area contributed by atoms with Crippen molar-refractivity contribution in [1.29, 1.82) is 0 Å². The SMILES string of the molecule is O=C(O)c1ccc(CNCC2(CN[C@H]3C[C@@H]3c3ccccc3)CC2)cc1. The monoisotopic (exact) mass is 350 g/mol. The van der Waals surface area contributed by atoms with Gasteiger partial charge < -0.3 is 15.7 Å². The van der Waals surface area contributed by atoms with Crippen LogP contribution in [-0.2, 0) is 6.54 Å². The van der Waals surface area contributed by atoms with Crippen molar-refractivity contribution in [2.24, 2.45) is 5.41 Å². The maximum Gasteiger partial charge on any atom is 0.335 e. The highest BCUT2D eigenvalue weighted by atomic mass is 16.4. The Balaban J connectivity index is 1.19. The molecule has 0 spiro atoms. The summed E-state index contributed by atoms with van der Waals surface area (Å²) < 4.78 is 0. The molecular formula is C22H26N2O2. The number of rotatable bonds is 9. The van der Waals surface area contributed by atoms with Crippen molar-refractivity contribution in [1.82, 2.24) is 10.6 Å². The van der Waals surface area contributed by atoms with E-state index in [1.807, 2.05) is 12.1 Å². The van der Waals surface area contributed by atoms with E-state index in [1.165, 1.54) is 24.8 Å². The fourth-order valence-corrected chi connectivity index (χ4v) is 3.67. The van der Waals surface area contributed by atoms with Crippen molar-refractivity contribution in [2.75, 3.05) is 13.1 Å². The molecule has 4 rings (SSSR count). The normalized spacial score (nSPS) is 22.8. The van der Waals surface area contributed by atoms with Gasteiger partial charge in [-0.25, -0.2) is 4.79 Å². The van der Waals surface area contributed by atoms with Gasteiger partial charge >= 0.3 is 5.97 Å². The molecule has 2 aliphatic carbocycles. The summed E-state index contributed by atoms with van der Waals surface area (Å²) in [4.78, 5) is 10.9. The van der Waals surface area contributed by atoms with Gasteiger partial charge in [-0.1, -0.05) is 42.5 Å². The van der Waals surface area contributed by atoms with Gasteiger partial charge in [-0.3, -0.25) is 0 Å². The number of hydrogen-bond donors (Lipinski definition) is 3. The smallest absolute Gasteiger partial charge is 0.335 e. The zero-order valence-electron chi connectivity index (χ0n) is 14.9. The van der Waals surface area contributed by atoms with Crippen LogP contribution in [0.15, 0.2) is 54.6 Å². The van der Waals surface area contributed by atoms with E-state index >= 15 is 0 Å². The van der Waals surface area contributed by atoms with Gasteiger partial charge in [-0.05, 0) is 47.9 Å². The number of hydrogen-bond acceptors (Lipinski definition) is 3. The van der Waals surface area contributed by atoms with Gasteiger partial charge in [0.1, 0.15) is 0 Å². The van der Waals surface area contributed by atoms with Crippen molar-refractivity contribution >= 4 is 5.97 Å². The van der Waals surface area contributed by atoms with E-state index in [-0.39, 0.29) is 0 Å². The lowest BCUT2D eigenvalue weighted by atomic mass is 10.1. The zero-order valence-corrected chi connectivity index (χ0v) is 14.9. The highest BCUT2D eigenvalue weighted by Crippen LogP contribution is 2.46. The molecule has 0 aliphatic heterocycles. The molecule has 4 nitrogen and oxygen atoms in total. The fraction of sp³-hybridized carbons (Fsp3) is 0.409. The predicted octanol–water partition coefficient (Wildman–Crippen LogP) is 3.40. The summed E-state index contributed by atoms with van der Waals surface area (Å²) in [6.45, 7) is 2.90. The van der Waals surface area contributed by atoms with E-state index in [2.05, 4.69) is 41.0 Å². The van der Waals surface area contributed by atoms with Gasteiger partial charge in [0, 0.05) is 31.6 Å². The van der Waals surface area contributed by atoms with Gasteiger partial charge in [0.15, 0.2) is 0 Å². The Kier molecular flexibility index (Phi) is 4.79. The maximum absolute atomic E-state index is 10.9. The molecule has 26 heavy (non-hydrogen) atoms. The summed E-state index contributed by atoms with van der Waals surface area (Å²) in [5.74, 6) is -0.186. The van der Waals surface area contributed by atoms with Crippen LogP contribution in [0.5, 0.6) is 0 Å². The number of nitrogens with one attached hydrogen (secondary N) is 2. The van der Waals surface area contributed by atoms with Gasteiger partial charge in [0.2, 0.25) is 0 Å². The minimum absolute atomic E-state index is 0.342. The van der Waals surface area contributed by atoms with Crippen LogP contribution in [0.1, 0.15) is 46.7 Å². The topological polar surface area (TPSA) is 61.4 Å². The largest absolute Gasteiger partial charge is 0.478 e. The molecule has 0 radical (unpaired) electrons. The summed E-state index contributed by atoms with van der Waals surface area (Å²) in [7, 11) is 0. The van der Waals surface area contributed by atoms with Gasteiger partial charge in [-0.15, -0.1) is 0 Å². The van der Waals surface area contributed by atoms with Crippen molar-refractivity contribution in [2.45, 2.75) is 37.8 Å². The fourth-order valence-electron chi connectivity index (χ4n) is 3.67. The second kappa shape index (κ2) is 7.22. The van der Waals surface area contributed by atoms with E-state index in [1.54, 1.807) is 12.1 Å². The van der Waals surface area contributed by atoms with Crippen LogP contribution in [0.3, 0.4) is 0 Å². The Hall–Kier alpha value is -2.17. The van der Waals surface area contributed by atoms with Crippen LogP contribution < -0.4 is 10.6 Å². The molecular weight excluding hydrogens is 324 g/mol. The molecule has 136 valence electrons. The standard InChI is InChI=1S/C22H26N2O2/c25-21(26)18-8-6-16(7-9-18)13-23-14-22(10-11-22)15-24-20-12-19(20)17-4-2-1-3-5-17/h1-9,19-20,23-24H,10-15H2,(H,25,26)/t19-,20+/m1/s1. The summed E-state index contributed by atoms with van der Waals surface area (Å²) in [6.07, 6.45) is 3.82. The van der Waals surface area contributed by atoms with E-state index in [0.29, 0.717) is 22.9 Å². The van der Waals surface area contributed by atoms with Crippen molar-refractivity contribution in [3.8, 4) is 0 Å². The molecule has 0 saturated heterocycles. The number of aromatic carboxylic acids is 1. The molecule has 0 aromatic heterocycles. The second-order valence-corrected chi connectivity index (χ2v) is 7.85. The first-order valence-electron chi connectivity index (χ1n) is 9.47. The third-order valence-electron chi connectivity index (χ3n) is 5.74. The first kappa shape index (κ1) is 17.3. The quantitative estimate of drug-likeness (QED) is 0.649. The van der Waals surface area contributed by atoms with Crippen LogP contribution >= 0.6 is 0 Å². The molecule has 3 N–H and O–H groups in total. The number of benzene rings is 2. The molecule has 2 saturated carbocycles. The minimum Gasteiger partial charge on any atom is -0.478 e. The molecule has 2 aromatic carbocycles. The number of carboxylic acids is 1. The third-order valence-corrected chi connectivity index (χ3v) is 5.74. The number of carboxylic acid groups (broad SMARTS) is 1. The molecule has 2 atom stereocenters. The summed E-state index contributed by atoms with van der Waals surface area (Å²) in [6, 6.07) is 18.6. The minimum atomic E-state index is -0.874. The van der Waals surface area contributed by atoms with Crippen molar-refractivity contribution in [3.05, 3.63) is 71.3 Å². The predicted molar refractivity (Wildman–Crippen MR) is 102 cm³/mol. The lowest BCUT2D eigenvalue weighted by Gasteiger charge is -2.17. The van der Waals surface area contributed by atoms with E-state index in [0.717, 1.165) is 25.2 Å². The van der Waals surface area contributed by atoms with Crippen LogP contribution in [0.2, 0.25) is 0 Å². The Labute approximate surface area is 154 Å². The second-order valence-electron chi connectivity index (χ2n) is 7.85. The van der Waals surface area contributed by atoms with E-state index in [4.69, 9.17) is 5.11 Å². The zero-order chi connectivity index (χ0) is 18.0. The third kappa shape index (κ3) is 4.14. The first-order chi connectivity index (χ1) is 12.7. The molecule has 0 bridgehead atoms. The molecule has 0 heterocycles. The Bertz CT molecular complexity index is 753. The summed E-state index contributed by atoms with van der Waals surface area (Å²) in [5, 5.41) is 16.3. The average Bonchev–Trinajstić information content (AvgIpc) is 3.57. The highest BCUT2D eigenvalue weighted by Gasteiger charge is 2.45. The molecule has 2 aromatic rings. The average molecular weight is 350 g/mol. The van der Waals surface area contributed by atoms with E-state index in [9.17, 15) is 4.79 Å². The summed E-state index contributed by atoms with van der Waals surface area (Å²) >= 11 is 0. The molecule has 0 unspecified atom stereocenters. The molecule has 2 aliphatic rings. The van der Waals surface area contributed by atoms with E-state index < -0.39 is 5.97 Å². The van der Waals surface area contributed by atoms with Crippen molar-refractivity contribution < 1.29 is 9.90 Å². The first-order valence-corrected chi connectivity index (χ1v) is 9.47. The van der Waals surface area contributed by atoms with Crippen molar-refractivity contribution in [3.63, 3.8) is 0 Å². The summed E-state index contributed by atoms with van der Waals surface area (Å²) in [5.41, 5.74) is 3.34.